The Morgan fingerprint density at radius 2 is 2.38 bits per heavy atom. The molecule has 0 bridgehead atoms. The average Bonchev–Trinajstić information content (AvgIpc) is 3.03. The van der Waals surface area contributed by atoms with Crippen LogP contribution in [0.15, 0.2) is 24.3 Å². The highest BCUT2D eigenvalue weighted by atomic mass is 19.1. The molecule has 114 valence electrons. The standard InChI is InChI=1S/C16H21FN2O2/c1-2-21-15(20)16(8-10-19-9-4-7-14(16)19)18-13-6-3-5-12(17)11-13/h3,5-6,11,14,18H,2,4,7-10H2,1H3. The SMILES string of the molecule is CCOC(=O)C1(Nc2cccc(F)c2)CCN2CCCC21. The lowest BCUT2D eigenvalue weighted by atomic mass is 9.88. The lowest BCUT2D eigenvalue weighted by Gasteiger charge is -2.34. The van der Waals surface area contributed by atoms with Crippen LogP contribution in [-0.2, 0) is 9.53 Å². The summed E-state index contributed by atoms with van der Waals surface area (Å²) in [5.41, 5.74) is -0.114. The Morgan fingerprint density at radius 3 is 3.14 bits per heavy atom. The van der Waals surface area contributed by atoms with E-state index in [0.29, 0.717) is 18.7 Å². The van der Waals surface area contributed by atoms with Gasteiger partial charge in [0.2, 0.25) is 0 Å². The highest BCUT2D eigenvalue weighted by molar-refractivity contribution is 5.86. The normalized spacial score (nSPS) is 28.4. The van der Waals surface area contributed by atoms with Crippen molar-refractivity contribution < 1.29 is 13.9 Å². The number of fused-ring (bicyclic) bond motifs is 1. The van der Waals surface area contributed by atoms with Crippen molar-refractivity contribution in [1.29, 1.82) is 0 Å². The number of benzene rings is 1. The van der Waals surface area contributed by atoms with Crippen LogP contribution in [0.4, 0.5) is 10.1 Å². The summed E-state index contributed by atoms with van der Waals surface area (Å²) in [5, 5.41) is 3.30. The van der Waals surface area contributed by atoms with Gasteiger partial charge in [-0.1, -0.05) is 6.07 Å². The molecule has 2 aliphatic rings. The molecule has 5 heteroatoms. The number of esters is 1. The van der Waals surface area contributed by atoms with Crippen LogP contribution in [0.3, 0.4) is 0 Å². The van der Waals surface area contributed by atoms with Crippen molar-refractivity contribution in [2.45, 2.75) is 37.8 Å². The fourth-order valence-corrected chi connectivity index (χ4v) is 3.66. The van der Waals surface area contributed by atoms with Crippen molar-refractivity contribution in [3.05, 3.63) is 30.1 Å². The minimum Gasteiger partial charge on any atom is -0.464 e. The van der Waals surface area contributed by atoms with Gasteiger partial charge in [-0.3, -0.25) is 4.90 Å². The van der Waals surface area contributed by atoms with Gasteiger partial charge >= 0.3 is 5.97 Å². The number of nitrogens with one attached hydrogen (secondary N) is 1. The minimum absolute atomic E-state index is 0.139. The molecular formula is C16H21FN2O2. The van der Waals surface area contributed by atoms with Crippen LogP contribution in [0.1, 0.15) is 26.2 Å². The molecule has 0 spiro atoms. The topological polar surface area (TPSA) is 41.6 Å². The fraction of sp³-hybridized carbons (Fsp3) is 0.562. The van der Waals surface area contributed by atoms with E-state index >= 15 is 0 Å². The first kappa shape index (κ1) is 14.3. The van der Waals surface area contributed by atoms with Crippen LogP contribution in [0.2, 0.25) is 0 Å². The van der Waals surface area contributed by atoms with Crippen LogP contribution in [0, 0.1) is 5.82 Å². The Morgan fingerprint density at radius 1 is 1.52 bits per heavy atom. The molecule has 2 fully saturated rings. The molecule has 21 heavy (non-hydrogen) atoms. The lowest BCUT2D eigenvalue weighted by molar-refractivity contribution is -0.149. The molecule has 4 nitrogen and oxygen atoms in total. The van der Waals surface area contributed by atoms with Gasteiger partial charge < -0.3 is 10.1 Å². The van der Waals surface area contributed by atoms with Crippen molar-refractivity contribution in [2.24, 2.45) is 0 Å². The number of hydrogen-bond donors (Lipinski definition) is 1. The number of halogens is 1. The van der Waals surface area contributed by atoms with Crippen LogP contribution in [0.5, 0.6) is 0 Å². The molecule has 1 N–H and O–H groups in total. The van der Waals surface area contributed by atoms with Crippen LogP contribution in [-0.4, -0.2) is 42.1 Å². The predicted octanol–water partition coefficient (Wildman–Crippen LogP) is 2.41. The first-order valence-electron chi connectivity index (χ1n) is 7.61. The van der Waals surface area contributed by atoms with E-state index < -0.39 is 5.54 Å². The number of hydrogen-bond acceptors (Lipinski definition) is 4. The lowest BCUT2D eigenvalue weighted by Crippen LogP contribution is -2.55. The molecule has 0 aromatic heterocycles. The van der Waals surface area contributed by atoms with Crippen molar-refractivity contribution in [3.8, 4) is 0 Å². The Labute approximate surface area is 124 Å². The van der Waals surface area contributed by atoms with E-state index in [1.54, 1.807) is 12.1 Å². The third kappa shape index (κ3) is 2.50. The molecule has 1 aromatic rings. The van der Waals surface area contributed by atoms with E-state index in [1.807, 2.05) is 6.92 Å². The zero-order valence-electron chi connectivity index (χ0n) is 12.3. The third-order valence-electron chi connectivity index (χ3n) is 4.56. The molecule has 2 saturated heterocycles. The summed E-state index contributed by atoms with van der Waals surface area (Å²) in [7, 11) is 0. The Kier molecular flexibility index (Phi) is 3.85. The van der Waals surface area contributed by atoms with Gasteiger partial charge in [-0.05, 0) is 50.9 Å². The molecule has 0 aliphatic carbocycles. The Bertz CT molecular complexity index is 537. The van der Waals surface area contributed by atoms with E-state index in [-0.39, 0.29) is 17.8 Å². The van der Waals surface area contributed by atoms with Gasteiger partial charge in [0.05, 0.1) is 6.61 Å². The zero-order valence-corrected chi connectivity index (χ0v) is 12.3. The summed E-state index contributed by atoms with van der Waals surface area (Å²) in [5.74, 6) is -0.524. The molecule has 3 rings (SSSR count). The first-order chi connectivity index (χ1) is 10.2. The second kappa shape index (κ2) is 5.64. The van der Waals surface area contributed by atoms with Gasteiger partial charge in [0, 0.05) is 18.3 Å². The number of nitrogens with zero attached hydrogens (tertiary/aromatic N) is 1. The number of rotatable bonds is 4. The van der Waals surface area contributed by atoms with Gasteiger partial charge in [0.25, 0.3) is 0 Å². The van der Waals surface area contributed by atoms with Crippen LogP contribution >= 0.6 is 0 Å². The number of anilines is 1. The van der Waals surface area contributed by atoms with Crippen molar-refractivity contribution in [3.63, 3.8) is 0 Å². The largest absolute Gasteiger partial charge is 0.464 e. The zero-order chi connectivity index (χ0) is 14.9. The number of ether oxygens (including phenoxy) is 1. The molecule has 2 atom stereocenters. The number of carbonyl (C=O) groups excluding carboxylic acids is 1. The van der Waals surface area contributed by atoms with E-state index in [1.165, 1.54) is 12.1 Å². The summed E-state index contributed by atoms with van der Waals surface area (Å²) in [6.07, 6.45) is 2.77. The molecule has 0 radical (unpaired) electrons. The van der Waals surface area contributed by atoms with Gasteiger partial charge in [0.1, 0.15) is 5.82 Å². The second-order valence-corrected chi connectivity index (χ2v) is 5.77. The summed E-state index contributed by atoms with van der Waals surface area (Å²) in [6.45, 7) is 4.08. The summed E-state index contributed by atoms with van der Waals surface area (Å²) < 4.78 is 18.7. The van der Waals surface area contributed by atoms with Gasteiger partial charge in [0.15, 0.2) is 5.54 Å². The predicted molar refractivity (Wildman–Crippen MR) is 78.6 cm³/mol. The molecule has 1 aromatic carbocycles. The maximum atomic E-state index is 13.4. The maximum absolute atomic E-state index is 13.4. The fourth-order valence-electron chi connectivity index (χ4n) is 3.66. The Balaban J connectivity index is 1.91. The molecule has 0 amide bonds. The third-order valence-corrected chi connectivity index (χ3v) is 4.56. The van der Waals surface area contributed by atoms with E-state index in [4.69, 9.17) is 4.74 Å². The summed E-state index contributed by atoms with van der Waals surface area (Å²) >= 11 is 0. The van der Waals surface area contributed by atoms with Gasteiger partial charge in [-0.15, -0.1) is 0 Å². The summed E-state index contributed by atoms with van der Waals surface area (Å²) in [6, 6.07) is 6.41. The summed E-state index contributed by atoms with van der Waals surface area (Å²) in [4.78, 5) is 14.9. The molecule has 0 saturated carbocycles. The van der Waals surface area contributed by atoms with Crippen molar-refractivity contribution >= 4 is 11.7 Å². The van der Waals surface area contributed by atoms with E-state index in [0.717, 1.165) is 25.9 Å². The van der Waals surface area contributed by atoms with E-state index in [2.05, 4.69) is 10.2 Å². The number of carbonyl (C=O) groups is 1. The van der Waals surface area contributed by atoms with Crippen molar-refractivity contribution in [2.75, 3.05) is 25.0 Å². The highest BCUT2D eigenvalue weighted by Gasteiger charge is 2.55. The van der Waals surface area contributed by atoms with Crippen molar-refractivity contribution in [1.82, 2.24) is 4.90 Å². The smallest absolute Gasteiger partial charge is 0.333 e. The minimum atomic E-state index is -0.750. The molecule has 2 heterocycles. The van der Waals surface area contributed by atoms with E-state index in [9.17, 15) is 9.18 Å². The Hall–Kier alpha value is -1.62. The molecule has 2 aliphatic heterocycles. The first-order valence-corrected chi connectivity index (χ1v) is 7.61. The molecule has 2 unspecified atom stereocenters. The average molecular weight is 292 g/mol. The monoisotopic (exact) mass is 292 g/mol. The highest BCUT2D eigenvalue weighted by Crippen LogP contribution is 2.39. The van der Waals surface area contributed by atoms with Gasteiger partial charge in [-0.25, -0.2) is 9.18 Å². The quantitative estimate of drug-likeness (QED) is 0.865. The molecular weight excluding hydrogens is 271 g/mol. The van der Waals surface area contributed by atoms with Gasteiger partial charge in [-0.2, -0.15) is 0 Å². The van der Waals surface area contributed by atoms with Crippen LogP contribution < -0.4 is 5.32 Å². The second-order valence-electron chi connectivity index (χ2n) is 5.77. The maximum Gasteiger partial charge on any atom is 0.333 e. The van der Waals surface area contributed by atoms with Crippen LogP contribution in [0.25, 0.3) is 0 Å².